The van der Waals surface area contributed by atoms with Crippen molar-refractivity contribution in [1.29, 1.82) is 0 Å². The molecule has 0 saturated carbocycles. The predicted octanol–water partition coefficient (Wildman–Crippen LogP) is 6.05. The van der Waals surface area contributed by atoms with E-state index in [9.17, 15) is 0 Å². The second-order valence-electron chi connectivity index (χ2n) is 8.79. The SMILES string of the molecule is CC1CCCN1CCCOc1nn(Cc2ccc(Cl)cc2)c2ccc(-c3cccnc3)cc12. The number of nitrogens with zero attached hydrogens (tertiary/aromatic N) is 4. The third-order valence-corrected chi connectivity index (χ3v) is 6.73. The highest BCUT2D eigenvalue weighted by Crippen LogP contribution is 2.31. The van der Waals surface area contributed by atoms with E-state index < -0.39 is 0 Å². The number of fused-ring (bicyclic) bond motifs is 1. The third kappa shape index (κ3) is 5.05. The maximum atomic E-state index is 6.25. The van der Waals surface area contributed by atoms with Gasteiger partial charge in [-0.2, -0.15) is 0 Å². The zero-order chi connectivity index (χ0) is 22.6. The Balaban J connectivity index is 1.40. The Morgan fingerprint density at radius 1 is 1.09 bits per heavy atom. The van der Waals surface area contributed by atoms with Crippen LogP contribution in [0.3, 0.4) is 0 Å². The van der Waals surface area contributed by atoms with E-state index in [4.69, 9.17) is 21.4 Å². The molecule has 0 radical (unpaired) electrons. The first-order valence-electron chi connectivity index (χ1n) is 11.7. The predicted molar refractivity (Wildman–Crippen MR) is 134 cm³/mol. The van der Waals surface area contributed by atoms with Crippen molar-refractivity contribution >= 4 is 22.5 Å². The van der Waals surface area contributed by atoms with E-state index in [1.165, 1.54) is 19.4 Å². The number of likely N-dealkylation sites (tertiary alicyclic amines) is 1. The summed E-state index contributed by atoms with van der Waals surface area (Å²) >= 11 is 6.07. The summed E-state index contributed by atoms with van der Waals surface area (Å²) < 4.78 is 8.26. The highest BCUT2D eigenvalue weighted by atomic mass is 35.5. The Morgan fingerprint density at radius 3 is 2.73 bits per heavy atom. The number of pyridine rings is 1. The van der Waals surface area contributed by atoms with Crippen molar-refractivity contribution in [2.45, 2.75) is 38.8 Å². The van der Waals surface area contributed by atoms with Gasteiger partial charge in [0.05, 0.1) is 24.1 Å². The Hall–Kier alpha value is -2.89. The maximum Gasteiger partial charge on any atom is 0.240 e. The lowest BCUT2D eigenvalue weighted by Crippen LogP contribution is -2.28. The highest BCUT2D eigenvalue weighted by Gasteiger charge is 2.19. The minimum Gasteiger partial charge on any atom is -0.476 e. The topological polar surface area (TPSA) is 43.2 Å². The molecule has 0 bridgehead atoms. The van der Waals surface area contributed by atoms with Gasteiger partial charge in [0.25, 0.3) is 0 Å². The molecular weight excluding hydrogens is 432 g/mol. The molecule has 33 heavy (non-hydrogen) atoms. The molecule has 0 N–H and O–H groups in total. The van der Waals surface area contributed by atoms with E-state index in [2.05, 4.69) is 41.1 Å². The van der Waals surface area contributed by atoms with Crippen LogP contribution in [0.5, 0.6) is 5.88 Å². The normalized spacial score (nSPS) is 16.5. The van der Waals surface area contributed by atoms with Gasteiger partial charge in [-0.15, -0.1) is 5.10 Å². The van der Waals surface area contributed by atoms with Crippen LogP contribution in [-0.2, 0) is 6.54 Å². The van der Waals surface area contributed by atoms with Crippen LogP contribution in [0.15, 0.2) is 67.0 Å². The minimum atomic E-state index is 0.660. The van der Waals surface area contributed by atoms with Crippen molar-refractivity contribution in [1.82, 2.24) is 19.7 Å². The average molecular weight is 461 g/mol. The number of ether oxygens (including phenoxy) is 1. The van der Waals surface area contributed by atoms with E-state index in [1.807, 2.05) is 41.2 Å². The molecule has 5 nitrogen and oxygen atoms in total. The summed E-state index contributed by atoms with van der Waals surface area (Å²) in [4.78, 5) is 6.83. The average Bonchev–Trinajstić information content (AvgIpc) is 3.41. The number of hydrogen-bond acceptors (Lipinski definition) is 4. The summed E-state index contributed by atoms with van der Waals surface area (Å²) in [5.74, 6) is 0.694. The molecule has 0 aliphatic carbocycles. The smallest absolute Gasteiger partial charge is 0.240 e. The Morgan fingerprint density at radius 2 is 1.97 bits per heavy atom. The molecule has 4 aromatic rings. The first-order valence-corrected chi connectivity index (χ1v) is 12.1. The van der Waals surface area contributed by atoms with Crippen LogP contribution in [-0.4, -0.2) is 45.4 Å². The molecule has 0 spiro atoms. The second kappa shape index (κ2) is 9.94. The summed E-state index contributed by atoms with van der Waals surface area (Å²) in [7, 11) is 0. The number of rotatable bonds is 8. The van der Waals surface area contributed by atoms with Crippen LogP contribution >= 0.6 is 11.6 Å². The van der Waals surface area contributed by atoms with Crippen molar-refractivity contribution in [3.05, 3.63) is 77.6 Å². The zero-order valence-corrected chi connectivity index (χ0v) is 19.7. The molecule has 2 aromatic heterocycles. The maximum absolute atomic E-state index is 6.25. The van der Waals surface area contributed by atoms with E-state index in [1.54, 1.807) is 6.20 Å². The number of hydrogen-bond donors (Lipinski definition) is 0. The lowest BCUT2D eigenvalue weighted by atomic mass is 10.1. The lowest BCUT2D eigenvalue weighted by molar-refractivity contribution is 0.227. The van der Waals surface area contributed by atoms with Crippen LogP contribution in [0, 0.1) is 0 Å². The molecule has 170 valence electrons. The fourth-order valence-electron chi connectivity index (χ4n) is 4.61. The molecule has 3 heterocycles. The second-order valence-corrected chi connectivity index (χ2v) is 9.23. The van der Waals surface area contributed by atoms with Gasteiger partial charge in [0.1, 0.15) is 0 Å². The van der Waals surface area contributed by atoms with Gasteiger partial charge in [0.2, 0.25) is 5.88 Å². The molecule has 1 aliphatic heterocycles. The summed E-state index contributed by atoms with van der Waals surface area (Å²) in [6, 6.07) is 19.0. The van der Waals surface area contributed by atoms with Crippen molar-refractivity contribution in [2.75, 3.05) is 19.7 Å². The molecule has 6 heteroatoms. The Kier molecular flexibility index (Phi) is 6.60. The molecule has 5 rings (SSSR count). The summed E-state index contributed by atoms with van der Waals surface area (Å²) in [6.07, 6.45) is 7.29. The van der Waals surface area contributed by atoms with Gasteiger partial charge in [0, 0.05) is 35.6 Å². The Bertz CT molecular complexity index is 1210. The quantitative estimate of drug-likeness (QED) is 0.300. The molecule has 1 atom stereocenters. The molecule has 0 amide bonds. The number of benzene rings is 2. The Labute approximate surface area is 200 Å². The van der Waals surface area contributed by atoms with Crippen molar-refractivity contribution in [2.24, 2.45) is 0 Å². The van der Waals surface area contributed by atoms with Crippen molar-refractivity contribution < 1.29 is 4.74 Å². The molecule has 1 aliphatic rings. The summed E-state index contributed by atoms with van der Waals surface area (Å²) in [5, 5.41) is 6.62. The zero-order valence-electron chi connectivity index (χ0n) is 19.0. The molecule has 1 fully saturated rings. The number of halogens is 1. The molecule has 1 saturated heterocycles. The monoisotopic (exact) mass is 460 g/mol. The van der Waals surface area contributed by atoms with Gasteiger partial charge in [-0.3, -0.25) is 9.67 Å². The van der Waals surface area contributed by atoms with Gasteiger partial charge in [-0.1, -0.05) is 35.9 Å². The summed E-state index contributed by atoms with van der Waals surface area (Å²) in [5.41, 5.74) is 4.40. The molecule has 1 unspecified atom stereocenters. The minimum absolute atomic E-state index is 0.660. The first-order chi connectivity index (χ1) is 16.2. The van der Waals surface area contributed by atoms with E-state index >= 15 is 0 Å². The highest BCUT2D eigenvalue weighted by molar-refractivity contribution is 6.30. The van der Waals surface area contributed by atoms with Gasteiger partial charge in [-0.05, 0) is 74.2 Å². The van der Waals surface area contributed by atoms with E-state index in [-0.39, 0.29) is 0 Å². The fraction of sp³-hybridized carbons (Fsp3) is 0.333. The van der Waals surface area contributed by atoms with E-state index in [0.29, 0.717) is 25.1 Å². The van der Waals surface area contributed by atoms with Crippen molar-refractivity contribution in [3.8, 4) is 17.0 Å². The van der Waals surface area contributed by atoms with Crippen LogP contribution in [0.1, 0.15) is 31.7 Å². The standard InChI is InChI=1S/C27H29ClN4O/c1-20-5-3-14-31(20)15-4-16-33-27-25-17-22(23-6-2-13-29-18-23)9-12-26(25)32(30-27)19-21-7-10-24(28)11-8-21/h2,6-13,17-18,20H,3-5,14-16,19H2,1H3. The lowest BCUT2D eigenvalue weighted by Gasteiger charge is -2.20. The van der Waals surface area contributed by atoms with Crippen LogP contribution < -0.4 is 4.74 Å². The summed E-state index contributed by atoms with van der Waals surface area (Å²) in [6.45, 7) is 5.92. The fourth-order valence-corrected chi connectivity index (χ4v) is 4.74. The molecule has 2 aromatic carbocycles. The van der Waals surface area contributed by atoms with Crippen molar-refractivity contribution in [3.63, 3.8) is 0 Å². The van der Waals surface area contributed by atoms with Gasteiger partial charge >= 0.3 is 0 Å². The molecular formula is C27H29ClN4O. The van der Waals surface area contributed by atoms with E-state index in [0.717, 1.165) is 45.6 Å². The largest absolute Gasteiger partial charge is 0.476 e. The van der Waals surface area contributed by atoms with Gasteiger partial charge in [0.15, 0.2) is 0 Å². The van der Waals surface area contributed by atoms with Crippen LogP contribution in [0.4, 0.5) is 0 Å². The number of aromatic nitrogens is 3. The van der Waals surface area contributed by atoms with Gasteiger partial charge in [-0.25, -0.2) is 0 Å². The first kappa shape index (κ1) is 21.9. The third-order valence-electron chi connectivity index (χ3n) is 6.48. The van der Waals surface area contributed by atoms with Crippen LogP contribution in [0.25, 0.3) is 22.0 Å². The van der Waals surface area contributed by atoms with Gasteiger partial charge < -0.3 is 9.64 Å². The van der Waals surface area contributed by atoms with Crippen LogP contribution in [0.2, 0.25) is 5.02 Å².